The molecular formula is C15H11ClN2O. The molecule has 0 fully saturated rings. The van der Waals surface area contributed by atoms with Gasteiger partial charge in [-0.1, -0.05) is 48.0 Å². The van der Waals surface area contributed by atoms with Gasteiger partial charge < -0.3 is 5.32 Å². The molecule has 1 N–H and O–H groups in total. The fourth-order valence-electron chi connectivity index (χ4n) is 2.10. The van der Waals surface area contributed by atoms with E-state index in [0.29, 0.717) is 10.7 Å². The van der Waals surface area contributed by atoms with Crippen LogP contribution in [0.4, 0.5) is 5.69 Å². The van der Waals surface area contributed by atoms with E-state index in [1.54, 1.807) is 6.07 Å². The molecule has 4 heteroatoms. The number of fused-ring (bicyclic) bond motifs is 1. The summed E-state index contributed by atoms with van der Waals surface area (Å²) in [6.07, 6.45) is 0. The molecule has 0 unspecified atom stereocenters. The van der Waals surface area contributed by atoms with Crippen LogP contribution in [0.25, 0.3) is 0 Å². The van der Waals surface area contributed by atoms with E-state index < -0.39 is 0 Å². The van der Waals surface area contributed by atoms with Gasteiger partial charge in [0, 0.05) is 21.8 Å². The van der Waals surface area contributed by atoms with E-state index in [2.05, 4.69) is 10.3 Å². The molecule has 0 saturated heterocycles. The van der Waals surface area contributed by atoms with Crippen LogP contribution in [0, 0.1) is 0 Å². The Hall–Kier alpha value is -2.13. The first-order chi connectivity index (χ1) is 9.25. The average Bonchev–Trinajstić information content (AvgIpc) is 2.59. The lowest BCUT2D eigenvalue weighted by Crippen LogP contribution is -2.09. The van der Waals surface area contributed by atoms with Gasteiger partial charge in [0.25, 0.3) is 5.91 Å². The number of nitrogens with one attached hydrogen (secondary N) is 1. The van der Waals surface area contributed by atoms with Gasteiger partial charge in [0.2, 0.25) is 0 Å². The van der Waals surface area contributed by atoms with Gasteiger partial charge in [-0.25, -0.2) is 4.99 Å². The fourth-order valence-corrected chi connectivity index (χ4v) is 2.32. The number of carbonyl (C=O) groups is 1. The van der Waals surface area contributed by atoms with Crippen LogP contribution in [0.15, 0.2) is 53.5 Å². The van der Waals surface area contributed by atoms with E-state index in [0.717, 1.165) is 16.8 Å². The number of nitrogens with zero attached hydrogens (tertiary/aromatic N) is 1. The fraction of sp³-hybridized carbons (Fsp3) is 0.0667. The van der Waals surface area contributed by atoms with Gasteiger partial charge in [0.05, 0.1) is 12.3 Å². The Kier molecular flexibility index (Phi) is 3.05. The van der Waals surface area contributed by atoms with Crippen LogP contribution < -0.4 is 5.32 Å². The highest BCUT2D eigenvalue weighted by Gasteiger charge is 2.18. The maximum atomic E-state index is 11.8. The van der Waals surface area contributed by atoms with Crippen molar-refractivity contribution >= 4 is 28.9 Å². The molecule has 0 aromatic heterocycles. The molecule has 0 bridgehead atoms. The second kappa shape index (κ2) is 4.86. The summed E-state index contributed by atoms with van der Waals surface area (Å²) in [6, 6.07) is 15.1. The number of amides is 1. The highest BCUT2D eigenvalue weighted by molar-refractivity contribution is 6.36. The van der Waals surface area contributed by atoms with Gasteiger partial charge in [0.1, 0.15) is 0 Å². The monoisotopic (exact) mass is 270 g/mol. The number of halogens is 1. The topological polar surface area (TPSA) is 41.5 Å². The summed E-state index contributed by atoms with van der Waals surface area (Å²) >= 11 is 6.21. The normalized spacial score (nSPS) is 14.2. The van der Waals surface area contributed by atoms with Crippen molar-refractivity contribution in [1.29, 1.82) is 0 Å². The quantitative estimate of drug-likeness (QED) is 0.865. The van der Waals surface area contributed by atoms with Crippen molar-refractivity contribution < 1.29 is 4.79 Å². The van der Waals surface area contributed by atoms with Crippen LogP contribution in [0.3, 0.4) is 0 Å². The first-order valence-electron chi connectivity index (χ1n) is 5.95. The Bertz CT molecular complexity index is 679. The van der Waals surface area contributed by atoms with Crippen molar-refractivity contribution in [2.75, 3.05) is 11.9 Å². The van der Waals surface area contributed by atoms with Gasteiger partial charge in [-0.05, 0) is 12.1 Å². The van der Waals surface area contributed by atoms with Gasteiger partial charge >= 0.3 is 0 Å². The minimum Gasteiger partial charge on any atom is -0.376 e. The maximum Gasteiger partial charge on any atom is 0.265 e. The predicted octanol–water partition coefficient (Wildman–Crippen LogP) is 3.13. The third-order valence-corrected chi connectivity index (χ3v) is 3.31. The summed E-state index contributed by atoms with van der Waals surface area (Å²) in [5, 5.41) is 3.68. The number of aliphatic imine (C=N–C) groups is 1. The molecule has 19 heavy (non-hydrogen) atoms. The first kappa shape index (κ1) is 11.9. The highest BCUT2D eigenvalue weighted by atomic mass is 35.5. The average molecular weight is 271 g/mol. The number of hydrogen-bond donors (Lipinski definition) is 1. The van der Waals surface area contributed by atoms with Gasteiger partial charge in [-0.15, -0.1) is 0 Å². The molecule has 0 saturated carbocycles. The molecular weight excluding hydrogens is 260 g/mol. The lowest BCUT2D eigenvalue weighted by atomic mass is 10.0. The largest absolute Gasteiger partial charge is 0.376 e. The number of hydrogen-bond acceptors (Lipinski definition) is 2. The minimum absolute atomic E-state index is 0.199. The summed E-state index contributed by atoms with van der Waals surface area (Å²) in [6.45, 7) is 0.199. The molecule has 94 valence electrons. The molecule has 2 aromatic rings. The van der Waals surface area contributed by atoms with E-state index in [4.69, 9.17) is 11.6 Å². The van der Waals surface area contributed by atoms with E-state index in [1.807, 2.05) is 42.5 Å². The van der Waals surface area contributed by atoms with Crippen LogP contribution in [-0.4, -0.2) is 18.2 Å². The van der Waals surface area contributed by atoms with Crippen LogP contribution >= 0.6 is 11.6 Å². The summed E-state index contributed by atoms with van der Waals surface area (Å²) < 4.78 is 0. The number of rotatable bonds is 1. The van der Waals surface area contributed by atoms with Gasteiger partial charge in [0.15, 0.2) is 0 Å². The molecule has 1 heterocycles. The second-order valence-corrected chi connectivity index (χ2v) is 4.64. The Balaban J connectivity index is 2.23. The highest BCUT2D eigenvalue weighted by Crippen LogP contribution is 2.25. The summed E-state index contributed by atoms with van der Waals surface area (Å²) in [4.78, 5) is 15.9. The SMILES string of the molecule is O=C1CNc2ccccc2C(c2ccccc2Cl)=N1. The number of anilines is 1. The number of benzene rings is 2. The lowest BCUT2D eigenvalue weighted by molar-refractivity contribution is -0.116. The van der Waals surface area contributed by atoms with E-state index in [1.165, 1.54) is 0 Å². The molecule has 2 aromatic carbocycles. The van der Waals surface area contributed by atoms with Crippen LogP contribution in [0.5, 0.6) is 0 Å². The van der Waals surface area contributed by atoms with Gasteiger partial charge in [-0.2, -0.15) is 0 Å². The van der Waals surface area contributed by atoms with Crippen LogP contribution in [-0.2, 0) is 4.79 Å². The van der Waals surface area contributed by atoms with Crippen molar-refractivity contribution in [2.45, 2.75) is 0 Å². The Morgan fingerprint density at radius 2 is 1.68 bits per heavy atom. The molecule has 1 aliphatic heterocycles. The molecule has 0 radical (unpaired) electrons. The zero-order valence-corrected chi connectivity index (χ0v) is 10.8. The second-order valence-electron chi connectivity index (χ2n) is 4.23. The maximum absolute atomic E-state index is 11.8. The predicted molar refractivity (Wildman–Crippen MR) is 77.0 cm³/mol. The third-order valence-electron chi connectivity index (χ3n) is 2.98. The molecule has 3 rings (SSSR count). The molecule has 1 amide bonds. The smallest absolute Gasteiger partial charge is 0.265 e. The summed E-state index contributed by atoms with van der Waals surface area (Å²) in [7, 11) is 0. The number of para-hydroxylation sites is 1. The van der Waals surface area contributed by atoms with E-state index in [9.17, 15) is 4.79 Å². The molecule has 3 nitrogen and oxygen atoms in total. The standard InChI is InChI=1S/C15H11ClN2O/c16-12-7-3-1-5-10(12)15-11-6-2-4-8-13(11)17-9-14(19)18-15/h1-8,17H,9H2. The Morgan fingerprint density at radius 1 is 1.00 bits per heavy atom. The Labute approximate surface area is 115 Å². The zero-order chi connectivity index (χ0) is 13.2. The van der Waals surface area contributed by atoms with E-state index in [-0.39, 0.29) is 12.5 Å². The Morgan fingerprint density at radius 3 is 2.47 bits per heavy atom. The van der Waals surface area contributed by atoms with Crippen LogP contribution in [0.2, 0.25) is 5.02 Å². The molecule has 1 aliphatic rings. The van der Waals surface area contributed by atoms with Crippen molar-refractivity contribution in [1.82, 2.24) is 0 Å². The summed E-state index contributed by atoms with van der Waals surface area (Å²) in [5.74, 6) is -0.203. The molecule has 0 aliphatic carbocycles. The van der Waals surface area contributed by atoms with Crippen molar-refractivity contribution in [2.24, 2.45) is 4.99 Å². The third kappa shape index (κ3) is 2.25. The molecule has 0 atom stereocenters. The van der Waals surface area contributed by atoms with E-state index >= 15 is 0 Å². The van der Waals surface area contributed by atoms with Crippen molar-refractivity contribution in [3.8, 4) is 0 Å². The van der Waals surface area contributed by atoms with Crippen LogP contribution in [0.1, 0.15) is 11.1 Å². The molecule has 0 spiro atoms. The van der Waals surface area contributed by atoms with Crippen molar-refractivity contribution in [3.05, 3.63) is 64.7 Å². The zero-order valence-electron chi connectivity index (χ0n) is 10.1. The first-order valence-corrected chi connectivity index (χ1v) is 6.33. The van der Waals surface area contributed by atoms with Crippen molar-refractivity contribution in [3.63, 3.8) is 0 Å². The number of carbonyl (C=O) groups excluding carboxylic acids is 1. The summed E-state index contributed by atoms with van der Waals surface area (Å²) in [5.41, 5.74) is 3.18. The minimum atomic E-state index is -0.203. The lowest BCUT2D eigenvalue weighted by Gasteiger charge is -2.10. The van der Waals surface area contributed by atoms with Gasteiger partial charge in [-0.3, -0.25) is 4.79 Å². The number of benzodiazepines with no additional fused rings is 1.